The summed E-state index contributed by atoms with van der Waals surface area (Å²) in [6.45, 7) is 4.09. The molecule has 1 fully saturated rings. The highest BCUT2D eigenvalue weighted by molar-refractivity contribution is 7.98. The Labute approximate surface area is 199 Å². The van der Waals surface area contributed by atoms with Gasteiger partial charge >= 0.3 is 0 Å². The first-order valence-corrected chi connectivity index (χ1v) is 13.7. The number of nitrogens with one attached hydrogen (secondary N) is 1. The van der Waals surface area contributed by atoms with Gasteiger partial charge in [0.05, 0.1) is 4.90 Å². The molecule has 4 rings (SSSR count). The van der Waals surface area contributed by atoms with Crippen molar-refractivity contribution in [3.63, 3.8) is 0 Å². The largest absolute Gasteiger partial charge is 0.326 e. The molecule has 0 saturated carbocycles. The Morgan fingerprint density at radius 3 is 2.48 bits per heavy atom. The first-order valence-electron chi connectivity index (χ1n) is 11.1. The summed E-state index contributed by atoms with van der Waals surface area (Å²) in [6, 6.07) is 12.7. The Kier molecular flexibility index (Phi) is 6.83. The zero-order valence-electron chi connectivity index (χ0n) is 19.1. The van der Waals surface area contributed by atoms with Crippen molar-refractivity contribution < 1.29 is 18.0 Å². The first kappa shape index (κ1) is 23.8. The van der Waals surface area contributed by atoms with Crippen LogP contribution in [0.4, 0.5) is 11.4 Å². The molecule has 176 valence electrons. The van der Waals surface area contributed by atoms with Gasteiger partial charge in [-0.25, -0.2) is 8.42 Å². The van der Waals surface area contributed by atoms with Crippen molar-refractivity contribution >= 4 is 45.0 Å². The topological polar surface area (TPSA) is 86.8 Å². The van der Waals surface area contributed by atoms with Gasteiger partial charge in [0.25, 0.3) is 0 Å². The number of thioether (sulfide) groups is 1. The molecule has 2 heterocycles. The average Bonchev–Trinajstić information content (AvgIpc) is 3.14. The number of carbonyl (C=O) groups excluding carboxylic acids is 2. The second-order valence-electron chi connectivity index (χ2n) is 8.63. The predicted molar refractivity (Wildman–Crippen MR) is 131 cm³/mol. The number of nitrogens with zero attached hydrogens (tertiary/aromatic N) is 2. The smallest absolute Gasteiger partial charge is 0.243 e. The number of anilines is 2. The van der Waals surface area contributed by atoms with E-state index in [0.717, 1.165) is 21.8 Å². The van der Waals surface area contributed by atoms with E-state index in [9.17, 15) is 18.0 Å². The molecule has 2 aliphatic heterocycles. The van der Waals surface area contributed by atoms with Gasteiger partial charge in [-0.3, -0.25) is 9.59 Å². The summed E-state index contributed by atoms with van der Waals surface area (Å²) in [4.78, 5) is 27.7. The monoisotopic (exact) mass is 487 g/mol. The Morgan fingerprint density at radius 2 is 1.82 bits per heavy atom. The average molecular weight is 488 g/mol. The molecule has 2 aromatic carbocycles. The number of sulfonamides is 1. The third kappa shape index (κ3) is 4.81. The summed E-state index contributed by atoms with van der Waals surface area (Å²) < 4.78 is 28.0. The van der Waals surface area contributed by atoms with Gasteiger partial charge < -0.3 is 10.2 Å². The van der Waals surface area contributed by atoms with Crippen LogP contribution < -0.4 is 10.2 Å². The Balaban J connectivity index is 1.42. The molecular weight excluding hydrogens is 458 g/mol. The van der Waals surface area contributed by atoms with E-state index in [0.29, 0.717) is 32.4 Å². The molecule has 0 aliphatic carbocycles. The van der Waals surface area contributed by atoms with Gasteiger partial charge in [0.15, 0.2) is 0 Å². The van der Waals surface area contributed by atoms with Gasteiger partial charge in [-0.15, -0.1) is 11.8 Å². The van der Waals surface area contributed by atoms with Crippen LogP contribution in [0.2, 0.25) is 0 Å². The van der Waals surface area contributed by atoms with Crippen molar-refractivity contribution in [2.75, 3.05) is 29.6 Å². The lowest BCUT2D eigenvalue weighted by atomic mass is 9.97. The van der Waals surface area contributed by atoms with Crippen LogP contribution in [-0.4, -0.2) is 49.9 Å². The minimum absolute atomic E-state index is 0.0151. The standard InChI is InChI=1S/C24H29N3O4S2/c1-16-13-19-14-22(7-8-23(19)27(16)17(2)28)33(30,31)26-11-9-18(10-12-26)24(29)25-20-5-4-6-21(15-20)32-3/h4-8,14-16,18H,9-13H2,1-3H3,(H,25,29)/t16-/m1/s1. The van der Waals surface area contributed by atoms with Crippen LogP contribution in [0, 0.1) is 5.92 Å². The second kappa shape index (κ2) is 9.48. The summed E-state index contributed by atoms with van der Waals surface area (Å²) in [5.74, 6) is -0.335. The zero-order valence-corrected chi connectivity index (χ0v) is 20.7. The summed E-state index contributed by atoms with van der Waals surface area (Å²) >= 11 is 1.61. The minimum atomic E-state index is -3.66. The first-order chi connectivity index (χ1) is 15.7. The van der Waals surface area contributed by atoms with Crippen molar-refractivity contribution in [3.8, 4) is 0 Å². The third-order valence-electron chi connectivity index (χ3n) is 6.41. The van der Waals surface area contributed by atoms with E-state index in [2.05, 4.69) is 5.32 Å². The van der Waals surface area contributed by atoms with Crippen molar-refractivity contribution in [2.45, 2.75) is 48.9 Å². The second-order valence-corrected chi connectivity index (χ2v) is 11.4. The maximum Gasteiger partial charge on any atom is 0.243 e. The Morgan fingerprint density at radius 1 is 1.09 bits per heavy atom. The Hall–Kier alpha value is -2.36. The van der Waals surface area contributed by atoms with E-state index >= 15 is 0 Å². The minimum Gasteiger partial charge on any atom is -0.326 e. The van der Waals surface area contributed by atoms with Crippen LogP contribution in [0.5, 0.6) is 0 Å². The molecule has 0 bridgehead atoms. The summed E-state index contributed by atoms with van der Waals surface area (Å²) in [6.07, 6.45) is 3.58. The fourth-order valence-corrected chi connectivity index (χ4v) is 6.68. The lowest BCUT2D eigenvalue weighted by Crippen LogP contribution is -2.41. The van der Waals surface area contributed by atoms with Crippen LogP contribution >= 0.6 is 11.8 Å². The molecule has 1 atom stereocenters. The number of piperidine rings is 1. The fourth-order valence-electron chi connectivity index (χ4n) is 4.70. The van der Waals surface area contributed by atoms with Crippen LogP contribution in [0.1, 0.15) is 32.3 Å². The maximum atomic E-state index is 13.3. The molecule has 1 saturated heterocycles. The highest BCUT2D eigenvalue weighted by Gasteiger charge is 2.34. The van der Waals surface area contributed by atoms with Crippen molar-refractivity contribution in [2.24, 2.45) is 5.92 Å². The molecule has 2 aliphatic rings. The predicted octanol–water partition coefficient (Wildman–Crippen LogP) is 3.75. The van der Waals surface area contributed by atoms with Crippen LogP contribution in [0.3, 0.4) is 0 Å². The number of benzene rings is 2. The van der Waals surface area contributed by atoms with Gasteiger partial charge in [-0.1, -0.05) is 6.07 Å². The maximum absolute atomic E-state index is 13.3. The summed E-state index contributed by atoms with van der Waals surface area (Å²) in [7, 11) is -3.66. The molecule has 0 unspecified atom stereocenters. The van der Waals surface area contributed by atoms with E-state index in [1.54, 1.807) is 34.9 Å². The Bertz CT molecular complexity index is 1170. The van der Waals surface area contributed by atoms with Gasteiger partial charge in [-0.2, -0.15) is 4.31 Å². The summed E-state index contributed by atoms with van der Waals surface area (Å²) in [5.41, 5.74) is 2.42. The van der Waals surface area contributed by atoms with Gasteiger partial charge in [-0.05, 0) is 74.4 Å². The number of hydrogen-bond acceptors (Lipinski definition) is 5. The highest BCUT2D eigenvalue weighted by Crippen LogP contribution is 2.35. The zero-order chi connectivity index (χ0) is 23.8. The number of amides is 2. The van der Waals surface area contributed by atoms with Crippen LogP contribution in [0.15, 0.2) is 52.3 Å². The summed E-state index contributed by atoms with van der Waals surface area (Å²) in [5, 5.41) is 2.96. The molecule has 0 radical (unpaired) electrons. The number of fused-ring (bicyclic) bond motifs is 1. The quantitative estimate of drug-likeness (QED) is 0.649. The molecule has 9 heteroatoms. The van der Waals surface area contributed by atoms with E-state index in [1.165, 1.54) is 11.2 Å². The lowest BCUT2D eigenvalue weighted by molar-refractivity contribution is -0.121. The van der Waals surface area contributed by atoms with E-state index in [-0.39, 0.29) is 28.7 Å². The molecule has 1 N–H and O–H groups in total. The van der Waals surface area contributed by atoms with Crippen molar-refractivity contribution in [1.29, 1.82) is 0 Å². The fraction of sp³-hybridized carbons (Fsp3) is 0.417. The highest BCUT2D eigenvalue weighted by atomic mass is 32.2. The number of rotatable bonds is 5. The van der Waals surface area contributed by atoms with Crippen molar-refractivity contribution in [1.82, 2.24) is 4.31 Å². The molecular formula is C24H29N3O4S2. The normalized spacial score (nSPS) is 19.4. The van der Waals surface area contributed by atoms with Gasteiger partial charge in [0.2, 0.25) is 21.8 Å². The van der Waals surface area contributed by atoms with E-state index in [1.807, 2.05) is 37.4 Å². The van der Waals surface area contributed by atoms with E-state index < -0.39 is 10.0 Å². The lowest BCUT2D eigenvalue weighted by Gasteiger charge is -2.30. The molecule has 0 aromatic heterocycles. The van der Waals surface area contributed by atoms with Crippen molar-refractivity contribution in [3.05, 3.63) is 48.0 Å². The molecule has 2 aromatic rings. The molecule has 33 heavy (non-hydrogen) atoms. The number of hydrogen-bond donors (Lipinski definition) is 1. The SMILES string of the molecule is CSc1cccc(NC(=O)C2CCN(S(=O)(=O)c3ccc4c(c3)C[C@@H](C)N4C(C)=O)CC2)c1. The van der Waals surface area contributed by atoms with Gasteiger partial charge in [0.1, 0.15) is 0 Å². The molecule has 7 nitrogen and oxygen atoms in total. The number of carbonyl (C=O) groups is 2. The van der Waals surface area contributed by atoms with Crippen LogP contribution in [-0.2, 0) is 26.0 Å². The molecule has 0 spiro atoms. The van der Waals surface area contributed by atoms with Gasteiger partial charge in [0, 0.05) is 48.2 Å². The van der Waals surface area contributed by atoms with Crippen LogP contribution in [0.25, 0.3) is 0 Å². The molecule has 2 amide bonds. The third-order valence-corrected chi connectivity index (χ3v) is 9.03. The van der Waals surface area contributed by atoms with E-state index in [4.69, 9.17) is 0 Å².